The summed E-state index contributed by atoms with van der Waals surface area (Å²) in [6, 6.07) is 8.59. The Kier molecular flexibility index (Phi) is 8.00. The highest BCUT2D eigenvalue weighted by Crippen LogP contribution is 2.41. The van der Waals surface area contributed by atoms with Gasteiger partial charge in [0, 0.05) is 61.4 Å². The van der Waals surface area contributed by atoms with Crippen LogP contribution in [0.1, 0.15) is 30.7 Å². The van der Waals surface area contributed by atoms with Crippen LogP contribution in [0.25, 0.3) is 11.1 Å². The number of halogens is 4. The van der Waals surface area contributed by atoms with Crippen LogP contribution in [0.3, 0.4) is 0 Å². The molecular weight excluding hydrogens is 589 g/mol. The van der Waals surface area contributed by atoms with Crippen LogP contribution < -0.4 is 15.5 Å². The molecule has 0 radical (unpaired) electrons. The minimum atomic E-state index is -0.718. The lowest BCUT2D eigenvalue weighted by Gasteiger charge is -2.40. The van der Waals surface area contributed by atoms with Gasteiger partial charge in [0.1, 0.15) is 22.6 Å². The largest absolute Gasteiger partial charge is 0.340 e. The number of hydrogen-bond acceptors (Lipinski definition) is 6. The van der Waals surface area contributed by atoms with Gasteiger partial charge in [-0.2, -0.15) is 0 Å². The molecule has 3 aliphatic rings. The molecule has 226 valence electrons. The van der Waals surface area contributed by atoms with E-state index in [0.717, 1.165) is 5.56 Å². The fourth-order valence-electron chi connectivity index (χ4n) is 5.81. The van der Waals surface area contributed by atoms with Gasteiger partial charge < -0.3 is 20.4 Å². The fraction of sp³-hybridized carbons (Fsp3) is 0.250. The molecule has 3 aromatic rings. The molecule has 2 atom stereocenters. The summed E-state index contributed by atoms with van der Waals surface area (Å²) in [6.07, 6.45) is 6.91. The van der Waals surface area contributed by atoms with E-state index in [0.29, 0.717) is 42.0 Å². The van der Waals surface area contributed by atoms with E-state index in [1.807, 2.05) is 11.0 Å². The average molecular weight is 619 g/mol. The van der Waals surface area contributed by atoms with E-state index in [-0.39, 0.29) is 46.0 Å². The lowest BCUT2D eigenvalue weighted by molar-refractivity contribution is 0.251. The van der Waals surface area contributed by atoms with Crippen molar-refractivity contribution in [1.82, 2.24) is 20.2 Å². The molecule has 1 saturated heterocycles. The van der Waals surface area contributed by atoms with Crippen molar-refractivity contribution in [2.75, 3.05) is 30.4 Å². The van der Waals surface area contributed by atoms with Crippen LogP contribution in [0.15, 0.2) is 71.5 Å². The van der Waals surface area contributed by atoms with E-state index in [2.05, 4.69) is 34.5 Å². The average Bonchev–Trinajstić information content (AvgIpc) is 3.15. The first-order valence-corrected chi connectivity index (χ1v) is 14.5. The number of guanidine groups is 1. The van der Waals surface area contributed by atoms with Gasteiger partial charge in [0.2, 0.25) is 5.95 Å². The molecule has 2 aliphatic heterocycles. The summed E-state index contributed by atoms with van der Waals surface area (Å²) in [4.78, 5) is 16.9. The summed E-state index contributed by atoms with van der Waals surface area (Å²) in [5, 5.41) is 15.4. The summed E-state index contributed by atoms with van der Waals surface area (Å²) in [6.45, 7) is 5.38. The van der Waals surface area contributed by atoms with Crippen molar-refractivity contribution < 1.29 is 13.2 Å². The number of nitrogens with one attached hydrogen (secondary N) is 3. The van der Waals surface area contributed by atoms with Crippen LogP contribution >= 0.6 is 11.6 Å². The number of anilines is 3. The second kappa shape index (κ2) is 11.9. The monoisotopic (exact) mass is 618 g/mol. The predicted molar refractivity (Wildman–Crippen MR) is 169 cm³/mol. The van der Waals surface area contributed by atoms with Gasteiger partial charge in [-0.05, 0) is 67.8 Å². The zero-order valence-corrected chi connectivity index (χ0v) is 25.1. The van der Waals surface area contributed by atoms with Gasteiger partial charge in [-0.1, -0.05) is 23.7 Å². The van der Waals surface area contributed by atoms with Crippen molar-refractivity contribution in [3.63, 3.8) is 0 Å². The molecule has 44 heavy (non-hydrogen) atoms. The van der Waals surface area contributed by atoms with Gasteiger partial charge in [-0.15, -0.1) is 0 Å². The van der Waals surface area contributed by atoms with Crippen molar-refractivity contribution in [2.45, 2.75) is 32.4 Å². The van der Waals surface area contributed by atoms with Crippen LogP contribution in [-0.4, -0.2) is 58.2 Å². The Morgan fingerprint density at radius 3 is 2.50 bits per heavy atom. The Labute approximate surface area is 258 Å². The van der Waals surface area contributed by atoms with Crippen molar-refractivity contribution in [2.24, 2.45) is 4.99 Å². The second-order valence-electron chi connectivity index (χ2n) is 11.1. The minimum Gasteiger partial charge on any atom is -0.340 e. The van der Waals surface area contributed by atoms with E-state index in [9.17, 15) is 8.78 Å². The number of benzene rings is 2. The molecule has 1 aliphatic carbocycles. The van der Waals surface area contributed by atoms with Gasteiger partial charge in [-0.3, -0.25) is 5.41 Å². The summed E-state index contributed by atoms with van der Waals surface area (Å²) in [5.41, 5.74) is 3.20. The molecule has 3 N–H and O–H groups in total. The Morgan fingerprint density at radius 2 is 1.77 bits per heavy atom. The van der Waals surface area contributed by atoms with E-state index in [1.54, 1.807) is 25.4 Å². The van der Waals surface area contributed by atoms with Crippen LogP contribution in [0, 0.1) is 22.9 Å². The van der Waals surface area contributed by atoms with E-state index < -0.39 is 17.5 Å². The highest BCUT2D eigenvalue weighted by molar-refractivity contribution is 6.69. The molecule has 0 saturated carbocycles. The van der Waals surface area contributed by atoms with Gasteiger partial charge in [0.25, 0.3) is 0 Å². The van der Waals surface area contributed by atoms with Crippen molar-refractivity contribution in [3.05, 3.63) is 101 Å². The summed E-state index contributed by atoms with van der Waals surface area (Å²) in [5.74, 6) is -1.49. The quantitative estimate of drug-likeness (QED) is 0.237. The molecule has 0 bridgehead atoms. The third-order valence-electron chi connectivity index (χ3n) is 7.78. The summed E-state index contributed by atoms with van der Waals surface area (Å²) in [7, 11) is 1.67. The topological polar surface area (TPSA) is 92.5 Å². The van der Waals surface area contributed by atoms with Crippen LogP contribution in [0.5, 0.6) is 0 Å². The van der Waals surface area contributed by atoms with Crippen LogP contribution in [0.4, 0.5) is 30.5 Å². The molecule has 0 spiro atoms. The molecule has 2 aromatic carbocycles. The maximum Gasteiger partial charge on any atom is 0.227 e. The Morgan fingerprint density at radius 1 is 1.05 bits per heavy atom. The SMILES string of the molecule is CC1CN(C(=N)N(C)c2cc(Nc3ncc4c(n3)C3=CN=C(Cl)C=C(c5c(F)cccc5F)C3=CC4)ccc2F)CC(C)N1. The van der Waals surface area contributed by atoms with Crippen LogP contribution in [0.2, 0.25) is 0 Å². The van der Waals surface area contributed by atoms with Crippen LogP contribution in [-0.2, 0) is 6.42 Å². The molecule has 8 nitrogen and oxygen atoms in total. The molecule has 2 unspecified atom stereocenters. The maximum atomic E-state index is 15.0. The molecule has 12 heteroatoms. The number of rotatable bonds is 4. The van der Waals surface area contributed by atoms with E-state index >= 15 is 4.39 Å². The molecule has 1 fully saturated rings. The number of piperazine rings is 1. The van der Waals surface area contributed by atoms with Crippen molar-refractivity contribution >= 4 is 51.2 Å². The maximum absolute atomic E-state index is 15.0. The van der Waals surface area contributed by atoms with Gasteiger partial charge >= 0.3 is 0 Å². The molecule has 3 heterocycles. The van der Waals surface area contributed by atoms with E-state index in [1.165, 1.54) is 41.4 Å². The summed E-state index contributed by atoms with van der Waals surface area (Å²) < 4.78 is 44.8. The Balaban J connectivity index is 1.29. The lowest BCUT2D eigenvalue weighted by Crippen LogP contribution is -2.58. The second-order valence-corrected chi connectivity index (χ2v) is 11.5. The Hall–Kier alpha value is -4.48. The highest BCUT2D eigenvalue weighted by Gasteiger charge is 2.28. The first-order valence-electron chi connectivity index (χ1n) is 14.2. The zero-order valence-electron chi connectivity index (χ0n) is 24.3. The van der Waals surface area contributed by atoms with Gasteiger partial charge in [0.05, 0.1) is 16.9 Å². The number of allylic oxidation sites excluding steroid dienone is 5. The summed E-state index contributed by atoms with van der Waals surface area (Å²) >= 11 is 6.30. The van der Waals surface area contributed by atoms with Crippen molar-refractivity contribution in [1.29, 1.82) is 5.41 Å². The normalized spacial score (nSPS) is 19.5. The molecule has 1 aromatic heterocycles. The molecule has 6 rings (SSSR count). The van der Waals surface area contributed by atoms with Gasteiger partial charge in [-0.25, -0.2) is 28.1 Å². The number of aliphatic imine (C=N–C) groups is 1. The predicted octanol–water partition coefficient (Wildman–Crippen LogP) is 6.25. The molecule has 0 amide bonds. The van der Waals surface area contributed by atoms with E-state index in [4.69, 9.17) is 22.0 Å². The van der Waals surface area contributed by atoms with Crippen molar-refractivity contribution in [3.8, 4) is 0 Å². The lowest BCUT2D eigenvalue weighted by atomic mass is 9.84. The first-order chi connectivity index (χ1) is 21.1. The fourth-order valence-corrected chi connectivity index (χ4v) is 5.97. The first kappa shape index (κ1) is 29.6. The number of nitrogens with zero attached hydrogens (tertiary/aromatic N) is 5. The standard InChI is InChI=1S/C32H30ClF3N8/c1-17-15-44(16-18(2)40-17)31(37)43(3)27-11-20(8-10-24(27)34)41-32-39-13-19-7-9-21-22(29-25(35)5-4-6-26(29)36)12-28(33)38-14-23(21)30(19)42-32/h4-6,8-14,17-18,37,40H,7,15-16H2,1-3H3,(H,39,41,42). The number of aromatic nitrogens is 2. The molecular formula is C32H30ClF3N8. The third kappa shape index (κ3) is 5.72. The smallest absolute Gasteiger partial charge is 0.227 e. The zero-order chi connectivity index (χ0) is 31.1. The number of hydrogen-bond donors (Lipinski definition) is 3. The minimum absolute atomic E-state index is 0.0673. The van der Waals surface area contributed by atoms with Gasteiger partial charge in [0.15, 0.2) is 5.96 Å². The third-order valence-corrected chi connectivity index (χ3v) is 7.98. The Bertz CT molecular complexity index is 1750. The highest BCUT2D eigenvalue weighted by atomic mass is 35.5. The number of fused-ring (bicyclic) bond motifs is 3.